The molecular formula is C16H19NO4S. The van der Waals surface area contributed by atoms with Gasteiger partial charge in [-0.05, 0) is 17.2 Å². The summed E-state index contributed by atoms with van der Waals surface area (Å²) in [5, 5.41) is 5.31. The third-order valence-corrected chi connectivity index (χ3v) is 4.16. The molecule has 0 aliphatic carbocycles. The molecule has 0 atom stereocenters. The minimum atomic E-state index is -3.79. The normalized spacial score (nSPS) is 11.5. The van der Waals surface area contributed by atoms with E-state index in [2.05, 4.69) is 0 Å². The number of sulfonamides is 1. The molecular weight excluding hydrogens is 302 g/mol. The Balaban J connectivity index is 2.38. The van der Waals surface area contributed by atoms with Crippen LogP contribution in [-0.4, -0.2) is 28.7 Å². The van der Waals surface area contributed by atoms with Crippen molar-refractivity contribution in [1.82, 2.24) is 0 Å². The minimum absolute atomic E-state index is 0.111. The predicted octanol–water partition coefficient (Wildman–Crippen LogP) is 2.16. The molecule has 0 saturated carbocycles. The number of nitrogens with two attached hydrogens (primary N) is 1. The summed E-state index contributed by atoms with van der Waals surface area (Å²) in [5.74, 6) is 0. The molecule has 0 unspecified atom stereocenters. The fraction of sp³-hybridized carbons (Fsp3) is 0.250. The van der Waals surface area contributed by atoms with Gasteiger partial charge in [-0.3, -0.25) is 0 Å². The second-order valence-electron chi connectivity index (χ2n) is 4.74. The summed E-state index contributed by atoms with van der Waals surface area (Å²) in [6.45, 7) is 1.36. The van der Waals surface area contributed by atoms with E-state index in [1.54, 1.807) is 25.3 Å². The molecule has 22 heavy (non-hydrogen) atoms. The summed E-state index contributed by atoms with van der Waals surface area (Å²) >= 11 is 0. The first kappa shape index (κ1) is 16.6. The van der Waals surface area contributed by atoms with Crippen molar-refractivity contribution < 1.29 is 17.9 Å². The van der Waals surface area contributed by atoms with Gasteiger partial charge in [0, 0.05) is 12.7 Å². The Morgan fingerprint density at radius 3 is 2.27 bits per heavy atom. The topological polar surface area (TPSA) is 78.6 Å². The second-order valence-corrected chi connectivity index (χ2v) is 6.27. The summed E-state index contributed by atoms with van der Waals surface area (Å²) < 4.78 is 34.0. The number of methoxy groups -OCH3 is 1. The molecule has 0 bridgehead atoms. The van der Waals surface area contributed by atoms with Crippen molar-refractivity contribution in [1.29, 1.82) is 0 Å². The summed E-state index contributed by atoms with van der Waals surface area (Å²) in [4.78, 5) is 0.111. The van der Waals surface area contributed by atoms with Crippen molar-refractivity contribution in [3.63, 3.8) is 0 Å². The van der Waals surface area contributed by atoms with Crippen LogP contribution < -0.4 is 5.14 Å². The Hall–Kier alpha value is -1.73. The molecule has 2 rings (SSSR count). The van der Waals surface area contributed by atoms with Gasteiger partial charge in [-0.15, -0.1) is 0 Å². The lowest BCUT2D eigenvalue weighted by molar-refractivity contribution is 0.0618. The van der Waals surface area contributed by atoms with E-state index in [-0.39, 0.29) is 4.90 Å². The Bertz CT molecular complexity index is 728. The van der Waals surface area contributed by atoms with E-state index in [0.29, 0.717) is 25.4 Å². The second kappa shape index (κ2) is 7.51. The van der Waals surface area contributed by atoms with Crippen molar-refractivity contribution in [2.75, 3.05) is 20.3 Å². The number of ether oxygens (including phenoxy) is 2. The van der Waals surface area contributed by atoms with Crippen LogP contribution in [0.5, 0.6) is 0 Å². The number of primary sulfonamides is 1. The van der Waals surface area contributed by atoms with E-state index < -0.39 is 10.0 Å². The first-order valence-corrected chi connectivity index (χ1v) is 8.35. The minimum Gasteiger partial charge on any atom is -0.382 e. The number of hydrogen-bond donors (Lipinski definition) is 1. The van der Waals surface area contributed by atoms with Gasteiger partial charge in [-0.1, -0.05) is 42.5 Å². The Labute approximate surface area is 130 Å². The summed E-state index contributed by atoms with van der Waals surface area (Å²) in [5.41, 5.74) is 2.27. The van der Waals surface area contributed by atoms with Crippen LogP contribution in [0.3, 0.4) is 0 Å². The van der Waals surface area contributed by atoms with Crippen molar-refractivity contribution >= 4 is 10.0 Å². The van der Waals surface area contributed by atoms with Gasteiger partial charge in [0.05, 0.1) is 24.7 Å². The molecule has 0 aliphatic rings. The lowest BCUT2D eigenvalue weighted by Gasteiger charge is -2.13. The molecule has 0 heterocycles. The molecule has 0 aliphatic heterocycles. The fourth-order valence-electron chi connectivity index (χ4n) is 2.17. The number of benzene rings is 2. The lowest BCUT2D eigenvalue weighted by Crippen LogP contribution is -2.13. The molecule has 0 spiro atoms. The molecule has 118 valence electrons. The van der Waals surface area contributed by atoms with Crippen LogP contribution in [-0.2, 0) is 26.1 Å². The van der Waals surface area contributed by atoms with Crippen LogP contribution in [0, 0.1) is 0 Å². The fourth-order valence-corrected chi connectivity index (χ4v) is 2.92. The van der Waals surface area contributed by atoms with Gasteiger partial charge >= 0.3 is 0 Å². The average molecular weight is 321 g/mol. The maximum Gasteiger partial charge on any atom is 0.238 e. The molecule has 2 aromatic carbocycles. The van der Waals surface area contributed by atoms with E-state index in [9.17, 15) is 8.42 Å². The molecule has 2 aromatic rings. The molecule has 0 saturated heterocycles. The van der Waals surface area contributed by atoms with Crippen LogP contribution in [0.15, 0.2) is 53.4 Å². The van der Waals surface area contributed by atoms with Crippen molar-refractivity contribution in [3.05, 3.63) is 54.1 Å². The Morgan fingerprint density at radius 1 is 0.955 bits per heavy atom. The highest BCUT2D eigenvalue weighted by atomic mass is 32.2. The van der Waals surface area contributed by atoms with E-state index in [1.807, 2.05) is 24.3 Å². The van der Waals surface area contributed by atoms with Gasteiger partial charge in [-0.2, -0.15) is 0 Å². The highest BCUT2D eigenvalue weighted by Crippen LogP contribution is 2.29. The lowest BCUT2D eigenvalue weighted by atomic mass is 10.0. The van der Waals surface area contributed by atoms with Crippen LogP contribution in [0.2, 0.25) is 0 Å². The summed E-state index contributed by atoms with van der Waals surface area (Å²) in [6.07, 6.45) is 0. The highest BCUT2D eigenvalue weighted by Gasteiger charge is 2.16. The van der Waals surface area contributed by atoms with Crippen LogP contribution in [0.4, 0.5) is 0 Å². The van der Waals surface area contributed by atoms with Gasteiger partial charge in [0.1, 0.15) is 0 Å². The van der Waals surface area contributed by atoms with Gasteiger partial charge in [0.2, 0.25) is 10.0 Å². The van der Waals surface area contributed by atoms with E-state index in [0.717, 1.165) is 11.1 Å². The number of rotatable bonds is 7. The zero-order valence-electron chi connectivity index (χ0n) is 12.4. The number of hydrogen-bond acceptors (Lipinski definition) is 4. The monoisotopic (exact) mass is 321 g/mol. The molecule has 0 fully saturated rings. The molecule has 5 nitrogen and oxygen atoms in total. The third-order valence-electron chi connectivity index (χ3n) is 3.19. The molecule has 0 aromatic heterocycles. The largest absolute Gasteiger partial charge is 0.382 e. The summed E-state index contributed by atoms with van der Waals surface area (Å²) in [7, 11) is -2.18. The van der Waals surface area contributed by atoms with Crippen molar-refractivity contribution in [2.45, 2.75) is 11.5 Å². The maximum atomic E-state index is 11.8. The molecule has 6 heteroatoms. The van der Waals surface area contributed by atoms with Crippen LogP contribution in [0.25, 0.3) is 11.1 Å². The standard InChI is InChI=1S/C16H19NO4S/c1-20-10-11-21-12-13-6-2-3-7-14(13)15-8-4-5-9-16(15)22(17,18)19/h2-9H,10-12H2,1H3,(H2,17,18,19). The predicted molar refractivity (Wildman–Crippen MR) is 84.8 cm³/mol. The first-order chi connectivity index (χ1) is 10.5. The Kier molecular flexibility index (Phi) is 5.68. The Morgan fingerprint density at radius 2 is 1.59 bits per heavy atom. The third kappa shape index (κ3) is 4.14. The molecule has 0 radical (unpaired) electrons. The zero-order chi connectivity index (χ0) is 16.0. The van der Waals surface area contributed by atoms with E-state index in [1.165, 1.54) is 6.07 Å². The quantitative estimate of drug-likeness (QED) is 0.793. The first-order valence-electron chi connectivity index (χ1n) is 6.81. The van der Waals surface area contributed by atoms with Gasteiger partial charge in [0.25, 0.3) is 0 Å². The average Bonchev–Trinajstić information content (AvgIpc) is 2.51. The van der Waals surface area contributed by atoms with E-state index >= 15 is 0 Å². The van der Waals surface area contributed by atoms with E-state index in [4.69, 9.17) is 14.6 Å². The smallest absolute Gasteiger partial charge is 0.238 e. The van der Waals surface area contributed by atoms with Crippen LogP contribution >= 0.6 is 0 Å². The van der Waals surface area contributed by atoms with Gasteiger partial charge in [0.15, 0.2) is 0 Å². The SMILES string of the molecule is COCCOCc1ccccc1-c1ccccc1S(N)(=O)=O. The molecule has 2 N–H and O–H groups in total. The van der Waals surface area contributed by atoms with Gasteiger partial charge < -0.3 is 9.47 Å². The maximum absolute atomic E-state index is 11.8. The van der Waals surface area contributed by atoms with Crippen LogP contribution in [0.1, 0.15) is 5.56 Å². The van der Waals surface area contributed by atoms with Gasteiger partial charge in [-0.25, -0.2) is 13.6 Å². The highest BCUT2D eigenvalue weighted by molar-refractivity contribution is 7.89. The summed E-state index contributed by atoms with van der Waals surface area (Å²) in [6, 6.07) is 14.2. The zero-order valence-corrected chi connectivity index (χ0v) is 13.2. The van der Waals surface area contributed by atoms with Crippen molar-refractivity contribution in [2.24, 2.45) is 5.14 Å². The van der Waals surface area contributed by atoms with Crippen molar-refractivity contribution in [3.8, 4) is 11.1 Å². The molecule has 0 amide bonds.